The van der Waals surface area contributed by atoms with E-state index in [1.165, 1.54) is 11.3 Å². The molecule has 9 heteroatoms. The van der Waals surface area contributed by atoms with E-state index in [9.17, 15) is 19.5 Å². The molecule has 142 valence electrons. The Bertz CT molecular complexity index is 972. The van der Waals surface area contributed by atoms with Crippen LogP contribution in [-0.2, 0) is 16.8 Å². The van der Waals surface area contributed by atoms with E-state index < -0.39 is 17.3 Å². The number of aryl methyl sites for hydroxylation is 1. The first-order chi connectivity index (χ1) is 12.9. The zero-order chi connectivity index (χ0) is 19.2. The monoisotopic (exact) mass is 389 g/mol. The third-order valence-electron chi connectivity index (χ3n) is 5.17. The van der Waals surface area contributed by atoms with Gasteiger partial charge in [0.05, 0.1) is 12.2 Å². The number of hydrogen-bond acceptors (Lipinski definition) is 6. The topological polar surface area (TPSA) is 113 Å². The number of aromatic carboxylic acids is 1. The highest BCUT2D eigenvalue weighted by Crippen LogP contribution is 2.44. The first-order valence-corrected chi connectivity index (χ1v) is 9.57. The molecule has 2 aromatic heterocycles. The number of carboxylic acid groups (broad SMARTS) is 1. The SMILES string of the molecule is Cc1cc(C(=O)N2CCC3(CC2)OCCc2sc(C(=O)O)cc23)nc(=O)[nH]1. The van der Waals surface area contributed by atoms with Crippen LogP contribution < -0.4 is 5.69 Å². The molecule has 0 bridgehead atoms. The van der Waals surface area contributed by atoms with E-state index in [0.29, 0.717) is 49.5 Å². The zero-order valence-corrected chi connectivity index (χ0v) is 15.6. The first-order valence-electron chi connectivity index (χ1n) is 8.76. The molecule has 2 N–H and O–H groups in total. The second-order valence-electron chi connectivity index (χ2n) is 6.89. The van der Waals surface area contributed by atoms with E-state index in [1.807, 2.05) is 0 Å². The predicted molar refractivity (Wildman–Crippen MR) is 97.3 cm³/mol. The molecule has 0 saturated carbocycles. The summed E-state index contributed by atoms with van der Waals surface area (Å²) in [6.45, 7) is 3.18. The van der Waals surface area contributed by atoms with E-state index in [2.05, 4.69) is 9.97 Å². The van der Waals surface area contributed by atoms with Crippen molar-refractivity contribution in [2.45, 2.75) is 31.8 Å². The normalized spacial score (nSPS) is 18.3. The zero-order valence-electron chi connectivity index (χ0n) is 14.8. The fourth-order valence-electron chi connectivity index (χ4n) is 3.86. The number of nitrogens with one attached hydrogen (secondary N) is 1. The number of nitrogens with zero attached hydrogens (tertiary/aromatic N) is 2. The number of piperidine rings is 1. The summed E-state index contributed by atoms with van der Waals surface area (Å²) in [5, 5.41) is 9.29. The van der Waals surface area contributed by atoms with Crippen molar-refractivity contribution in [3.05, 3.63) is 49.3 Å². The van der Waals surface area contributed by atoms with Crippen LogP contribution in [0.2, 0.25) is 0 Å². The molecule has 4 heterocycles. The highest BCUT2D eigenvalue weighted by molar-refractivity contribution is 7.14. The summed E-state index contributed by atoms with van der Waals surface area (Å²) in [4.78, 5) is 44.9. The maximum Gasteiger partial charge on any atom is 0.345 e. The Kier molecular flexibility index (Phi) is 4.35. The first kappa shape index (κ1) is 17.9. The summed E-state index contributed by atoms with van der Waals surface area (Å²) in [5.41, 5.74) is 0.610. The minimum absolute atomic E-state index is 0.140. The van der Waals surface area contributed by atoms with Gasteiger partial charge in [0.25, 0.3) is 5.91 Å². The lowest BCUT2D eigenvalue weighted by molar-refractivity contribution is -0.0927. The molecular weight excluding hydrogens is 370 g/mol. The van der Waals surface area contributed by atoms with Crippen molar-refractivity contribution in [1.29, 1.82) is 0 Å². The molecule has 2 aromatic rings. The van der Waals surface area contributed by atoms with Gasteiger partial charge >= 0.3 is 11.7 Å². The number of carbonyl (C=O) groups excluding carboxylic acids is 1. The van der Waals surface area contributed by atoms with Crippen LogP contribution in [0.25, 0.3) is 0 Å². The Labute approximate surface area is 158 Å². The van der Waals surface area contributed by atoms with E-state index in [1.54, 1.807) is 24.0 Å². The van der Waals surface area contributed by atoms with Crippen LogP contribution in [0, 0.1) is 6.92 Å². The molecule has 27 heavy (non-hydrogen) atoms. The lowest BCUT2D eigenvalue weighted by atomic mass is 9.82. The molecule has 1 fully saturated rings. The third-order valence-corrected chi connectivity index (χ3v) is 6.36. The quantitative estimate of drug-likeness (QED) is 0.806. The van der Waals surface area contributed by atoms with Crippen LogP contribution in [0.3, 0.4) is 0 Å². The molecule has 1 amide bonds. The number of hydrogen-bond donors (Lipinski definition) is 2. The van der Waals surface area contributed by atoms with E-state index in [-0.39, 0.29) is 11.6 Å². The van der Waals surface area contributed by atoms with Crippen molar-refractivity contribution in [3.8, 4) is 0 Å². The molecular formula is C18H19N3O5S. The van der Waals surface area contributed by atoms with Crippen molar-refractivity contribution >= 4 is 23.2 Å². The van der Waals surface area contributed by atoms with Gasteiger partial charge in [-0.2, -0.15) is 4.98 Å². The number of thiophene rings is 1. The van der Waals surface area contributed by atoms with Crippen LogP contribution in [0.5, 0.6) is 0 Å². The molecule has 4 rings (SSSR count). The van der Waals surface area contributed by atoms with Gasteiger partial charge in [-0.05, 0) is 37.5 Å². The molecule has 8 nitrogen and oxygen atoms in total. The molecule has 0 atom stereocenters. The van der Waals surface area contributed by atoms with Crippen LogP contribution in [0.4, 0.5) is 0 Å². The minimum atomic E-state index is -0.923. The maximum absolute atomic E-state index is 12.7. The number of amides is 1. The summed E-state index contributed by atoms with van der Waals surface area (Å²) < 4.78 is 6.10. The molecule has 0 aromatic carbocycles. The second-order valence-corrected chi connectivity index (χ2v) is 8.03. The van der Waals surface area contributed by atoms with Gasteiger partial charge in [-0.25, -0.2) is 9.59 Å². The Morgan fingerprint density at radius 1 is 1.33 bits per heavy atom. The number of H-pyrrole nitrogens is 1. The van der Waals surface area contributed by atoms with E-state index in [0.717, 1.165) is 10.4 Å². The Morgan fingerprint density at radius 2 is 2.07 bits per heavy atom. The Hall–Kier alpha value is -2.52. The maximum atomic E-state index is 12.7. The van der Waals surface area contributed by atoms with Crippen LogP contribution in [0.15, 0.2) is 16.9 Å². The molecule has 2 aliphatic heterocycles. The van der Waals surface area contributed by atoms with Gasteiger partial charge in [-0.1, -0.05) is 0 Å². The number of carbonyl (C=O) groups is 2. The standard InChI is InChI=1S/C18H19N3O5S/c1-10-8-12(20-17(25)19-10)15(22)21-5-3-18(4-6-21)11-9-14(16(23)24)27-13(11)2-7-26-18/h8-9H,2-7H2,1H3,(H,23,24)(H,19,20,25). The van der Waals surface area contributed by atoms with Crippen molar-refractivity contribution in [2.75, 3.05) is 19.7 Å². The van der Waals surface area contributed by atoms with Gasteiger partial charge in [0, 0.05) is 30.1 Å². The van der Waals surface area contributed by atoms with Crippen LogP contribution in [-0.4, -0.2) is 51.5 Å². The van der Waals surface area contributed by atoms with Crippen molar-refractivity contribution in [3.63, 3.8) is 0 Å². The van der Waals surface area contributed by atoms with Crippen molar-refractivity contribution in [2.24, 2.45) is 0 Å². The van der Waals surface area contributed by atoms with E-state index in [4.69, 9.17) is 4.74 Å². The number of carboxylic acids is 1. The predicted octanol–water partition coefficient (Wildman–Crippen LogP) is 1.54. The average Bonchev–Trinajstić information content (AvgIpc) is 3.07. The van der Waals surface area contributed by atoms with Crippen molar-refractivity contribution in [1.82, 2.24) is 14.9 Å². The average molecular weight is 389 g/mol. The lowest BCUT2D eigenvalue weighted by Crippen LogP contribution is -2.48. The van der Waals surface area contributed by atoms with Gasteiger partial charge in [-0.3, -0.25) is 4.79 Å². The van der Waals surface area contributed by atoms with E-state index >= 15 is 0 Å². The molecule has 2 aliphatic rings. The number of fused-ring (bicyclic) bond motifs is 2. The lowest BCUT2D eigenvalue weighted by Gasteiger charge is -2.44. The minimum Gasteiger partial charge on any atom is -0.477 e. The number of aromatic amines is 1. The van der Waals surface area contributed by atoms with Crippen LogP contribution >= 0.6 is 11.3 Å². The number of rotatable bonds is 2. The Morgan fingerprint density at radius 3 is 2.74 bits per heavy atom. The summed E-state index contributed by atoms with van der Waals surface area (Å²) >= 11 is 1.31. The summed E-state index contributed by atoms with van der Waals surface area (Å²) in [6, 6.07) is 3.29. The molecule has 0 aliphatic carbocycles. The highest BCUT2D eigenvalue weighted by atomic mass is 32.1. The Balaban J connectivity index is 1.55. The number of ether oxygens (including phenoxy) is 1. The molecule has 0 unspecified atom stereocenters. The third kappa shape index (κ3) is 3.17. The van der Waals surface area contributed by atoms with Crippen LogP contribution in [0.1, 0.15) is 49.1 Å². The molecule has 1 spiro atoms. The van der Waals surface area contributed by atoms with Gasteiger partial charge < -0.3 is 19.7 Å². The summed E-state index contributed by atoms with van der Waals surface area (Å²) in [6.07, 6.45) is 1.89. The molecule has 0 radical (unpaired) electrons. The fourth-order valence-corrected chi connectivity index (χ4v) is 4.93. The second kappa shape index (κ2) is 6.58. The fraction of sp³-hybridized carbons (Fsp3) is 0.444. The number of aromatic nitrogens is 2. The smallest absolute Gasteiger partial charge is 0.345 e. The van der Waals surface area contributed by atoms with Crippen molar-refractivity contribution < 1.29 is 19.4 Å². The van der Waals surface area contributed by atoms with Gasteiger partial charge in [0.2, 0.25) is 0 Å². The summed E-state index contributed by atoms with van der Waals surface area (Å²) in [7, 11) is 0. The highest BCUT2D eigenvalue weighted by Gasteiger charge is 2.43. The molecule has 1 saturated heterocycles. The van der Waals surface area contributed by atoms with Gasteiger partial charge in [0.15, 0.2) is 0 Å². The number of likely N-dealkylation sites (tertiary alicyclic amines) is 1. The summed E-state index contributed by atoms with van der Waals surface area (Å²) in [5.74, 6) is -1.19. The van der Waals surface area contributed by atoms with Gasteiger partial charge in [0.1, 0.15) is 10.6 Å². The van der Waals surface area contributed by atoms with Gasteiger partial charge in [-0.15, -0.1) is 11.3 Å². The largest absolute Gasteiger partial charge is 0.477 e.